The maximum atomic E-state index is 14.3. The van der Waals surface area contributed by atoms with Gasteiger partial charge in [0.1, 0.15) is 5.82 Å². The number of nitrogens with one attached hydrogen (secondary N) is 1. The second-order valence-electron chi connectivity index (χ2n) is 6.96. The zero-order valence-corrected chi connectivity index (χ0v) is 16.2. The van der Waals surface area contributed by atoms with Crippen molar-refractivity contribution in [3.63, 3.8) is 0 Å². The second kappa shape index (κ2) is 7.68. The molecule has 1 aliphatic heterocycles. The summed E-state index contributed by atoms with van der Waals surface area (Å²) < 4.78 is 14.3. The summed E-state index contributed by atoms with van der Waals surface area (Å²) in [6, 6.07) is 22.3. The quantitative estimate of drug-likeness (QED) is 0.624. The molecule has 0 bridgehead atoms. The molecule has 0 aromatic heterocycles. The summed E-state index contributed by atoms with van der Waals surface area (Å²) in [7, 11) is 0. The predicted molar refractivity (Wildman–Crippen MR) is 109 cm³/mol. The summed E-state index contributed by atoms with van der Waals surface area (Å²) in [6.45, 7) is -0.237. The summed E-state index contributed by atoms with van der Waals surface area (Å²) in [5.74, 6) is -0.991. The highest BCUT2D eigenvalue weighted by atomic mass is 35.5. The third kappa shape index (κ3) is 3.49. The SMILES string of the molecule is O=C1NC(Cc2ccccc2)(c2ccccc2)C(=O)N1Cc1c(F)cccc1Cl. The number of benzene rings is 3. The van der Waals surface area contributed by atoms with Crippen molar-refractivity contribution in [2.75, 3.05) is 0 Å². The summed E-state index contributed by atoms with van der Waals surface area (Å²) in [5.41, 5.74) is 0.415. The van der Waals surface area contributed by atoms with E-state index < -0.39 is 23.3 Å². The lowest BCUT2D eigenvalue weighted by Gasteiger charge is -2.27. The Morgan fingerprint density at radius 1 is 0.897 bits per heavy atom. The van der Waals surface area contributed by atoms with Crippen molar-refractivity contribution in [2.24, 2.45) is 0 Å². The van der Waals surface area contributed by atoms with E-state index in [0.717, 1.165) is 10.5 Å². The number of urea groups is 1. The first-order chi connectivity index (χ1) is 14.0. The minimum atomic E-state index is -1.27. The Balaban J connectivity index is 1.75. The molecule has 1 fully saturated rings. The topological polar surface area (TPSA) is 49.4 Å². The van der Waals surface area contributed by atoms with E-state index in [-0.39, 0.29) is 23.6 Å². The Bertz CT molecular complexity index is 1040. The van der Waals surface area contributed by atoms with Crippen LogP contribution in [-0.2, 0) is 23.3 Å². The van der Waals surface area contributed by atoms with E-state index in [1.165, 1.54) is 18.2 Å². The van der Waals surface area contributed by atoms with Crippen LogP contribution in [0.4, 0.5) is 9.18 Å². The zero-order chi connectivity index (χ0) is 20.4. The highest BCUT2D eigenvalue weighted by Gasteiger charge is 2.52. The van der Waals surface area contributed by atoms with Crippen molar-refractivity contribution < 1.29 is 14.0 Å². The van der Waals surface area contributed by atoms with Gasteiger partial charge in [-0.05, 0) is 23.3 Å². The highest BCUT2D eigenvalue weighted by molar-refractivity contribution is 6.31. The van der Waals surface area contributed by atoms with Gasteiger partial charge >= 0.3 is 6.03 Å². The number of halogens is 2. The molecule has 0 aliphatic carbocycles. The Labute approximate surface area is 172 Å². The Morgan fingerprint density at radius 2 is 1.55 bits per heavy atom. The number of nitrogens with zero attached hydrogens (tertiary/aromatic N) is 1. The van der Waals surface area contributed by atoms with Gasteiger partial charge in [-0.15, -0.1) is 0 Å². The standard InChI is InChI=1S/C23H18ClFN2O2/c24-19-12-7-13-20(25)18(19)15-27-21(28)23(26-22(27)29,17-10-5-2-6-11-17)14-16-8-3-1-4-9-16/h1-13H,14-15H2,(H,26,29). The molecule has 1 saturated heterocycles. The van der Waals surface area contributed by atoms with Crippen molar-refractivity contribution in [1.29, 1.82) is 0 Å². The van der Waals surface area contributed by atoms with E-state index in [4.69, 9.17) is 11.6 Å². The third-order valence-corrected chi connectivity index (χ3v) is 5.49. The number of hydrogen-bond acceptors (Lipinski definition) is 2. The van der Waals surface area contributed by atoms with Crippen LogP contribution in [0, 0.1) is 5.82 Å². The van der Waals surface area contributed by atoms with Crippen LogP contribution in [0.15, 0.2) is 78.9 Å². The summed E-state index contributed by atoms with van der Waals surface area (Å²) in [5, 5.41) is 3.04. The van der Waals surface area contributed by atoms with Crippen molar-refractivity contribution in [2.45, 2.75) is 18.5 Å². The van der Waals surface area contributed by atoms with Gasteiger partial charge in [-0.1, -0.05) is 78.3 Å². The molecule has 0 spiro atoms. The van der Waals surface area contributed by atoms with E-state index in [9.17, 15) is 14.0 Å². The molecule has 1 unspecified atom stereocenters. The number of imide groups is 1. The molecule has 3 aromatic carbocycles. The van der Waals surface area contributed by atoms with Gasteiger partial charge in [0.2, 0.25) is 0 Å². The molecule has 1 N–H and O–H groups in total. The summed E-state index contributed by atoms with van der Waals surface area (Å²) >= 11 is 6.11. The van der Waals surface area contributed by atoms with Crippen LogP contribution in [0.2, 0.25) is 5.02 Å². The molecule has 3 aromatic rings. The molecule has 1 aliphatic rings. The third-order valence-electron chi connectivity index (χ3n) is 5.13. The van der Waals surface area contributed by atoms with Gasteiger partial charge in [0, 0.05) is 17.0 Å². The van der Waals surface area contributed by atoms with E-state index in [1.54, 1.807) is 12.1 Å². The maximum Gasteiger partial charge on any atom is 0.325 e. The first-order valence-electron chi connectivity index (χ1n) is 9.18. The first kappa shape index (κ1) is 19.2. The van der Waals surface area contributed by atoms with Gasteiger partial charge in [-0.3, -0.25) is 9.69 Å². The molecule has 0 radical (unpaired) electrons. The fourth-order valence-electron chi connectivity index (χ4n) is 3.65. The Morgan fingerprint density at radius 3 is 2.21 bits per heavy atom. The van der Waals surface area contributed by atoms with Crippen LogP contribution in [-0.4, -0.2) is 16.8 Å². The van der Waals surface area contributed by atoms with Gasteiger partial charge in [0.15, 0.2) is 5.54 Å². The average molecular weight is 409 g/mol. The smallest absolute Gasteiger partial charge is 0.319 e. The lowest BCUT2D eigenvalue weighted by molar-refractivity contribution is -0.132. The largest absolute Gasteiger partial charge is 0.325 e. The molecule has 1 heterocycles. The van der Waals surface area contributed by atoms with E-state index in [2.05, 4.69) is 5.32 Å². The van der Waals surface area contributed by atoms with Crippen molar-refractivity contribution in [3.05, 3.63) is 106 Å². The lowest BCUT2D eigenvalue weighted by atomic mass is 9.83. The monoisotopic (exact) mass is 408 g/mol. The first-order valence-corrected chi connectivity index (χ1v) is 9.55. The highest BCUT2D eigenvalue weighted by Crippen LogP contribution is 2.34. The van der Waals surface area contributed by atoms with Crippen LogP contribution in [0.3, 0.4) is 0 Å². The van der Waals surface area contributed by atoms with Crippen LogP contribution < -0.4 is 5.32 Å². The molecule has 1 atom stereocenters. The molecule has 6 heteroatoms. The normalized spacial score (nSPS) is 18.8. The predicted octanol–water partition coefficient (Wildman–Crippen LogP) is 4.67. The molecule has 4 nitrogen and oxygen atoms in total. The maximum absolute atomic E-state index is 14.3. The summed E-state index contributed by atoms with van der Waals surface area (Å²) in [6.07, 6.45) is 0.282. The molecular weight excluding hydrogens is 391 g/mol. The van der Waals surface area contributed by atoms with E-state index in [0.29, 0.717) is 5.56 Å². The van der Waals surface area contributed by atoms with Gasteiger partial charge in [0.25, 0.3) is 5.91 Å². The number of carbonyl (C=O) groups is 2. The summed E-state index contributed by atoms with van der Waals surface area (Å²) in [4.78, 5) is 27.4. The van der Waals surface area contributed by atoms with Crippen LogP contribution >= 0.6 is 11.6 Å². The number of rotatable bonds is 5. The second-order valence-corrected chi connectivity index (χ2v) is 7.36. The number of carbonyl (C=O) groups excluding carboxylic acids is 2. The molecule has 146 valence electrons. The lowest BCUT2D eigenvalue weighted by Crippen LogP contribution is -2.46. The molecule has 3 amide bonds. The van der Waals surface area contributed by atoms with Crippen LogP contribution in [0.25, 0.3) is 0 Å². The molecule has 4 rings (SSSR count). The van der Waals surface area contributed by atoms with E-state index >= 15 is 0 Å². The van der Waals surface area contributed by atoms with Crippen LogP contribution in [0.1, 0.15) is 16.7 Å². The fraction of sp³-hybridized carbons (Fsp3) is 0.130. The average Bonchev–Trinajstić information content (AvgIpc) is 2.97. The Kier molecular flexibility index (Phi) is 5.07. The number of amides is 3. The van der Waals surface area contributed by atoms with Crippen molar-refractivity contribution in [1.82, 2.24) is 10.2 Å². The number of hydrogen-bond donors (Lipinski definition) is 1. The van der Waals surface area contributed by atoms with Gasteiger partial charge in [0.05, 0.1) is 6.54 Å². The zero-order valence-electron chi connectivity index (χ0n) is 15.4. The van der Waals surface area contributed by atoms with E-state index in [1.807, 2.05) is 48.5 Å². The van der Waals surface area contributed by atoms with Gasteiger partial charge in [-0.25, -0.2) is 9.18 Å². The minimum absolute atomic E-state index is 0.112. The van der Waals surface area contributed by atoms with Crippen molar-refractivity contribution >= 4 is 23.5 Å². The molecule has 0 saturated carbocycles. The molecule has 29 heavy (non-hydrogen) atoms. The minimum Gasteiger partial charge on any atom is -0.319 e. The van der Waals surface area contributed by atoms with Crippen molar-refractivity contribution in [3.8, 4) is 0 Å². The molecular formula is C23H18ClFN2O2. The van der Waals surface area contributed by atoms with Crippen LogP contribution in [0.5, 0.6) is 0 Å². The van der Waals surface area contributed by atoms with Gasteiger partial charge in [-0.2, -0.15) is 0 Å². The van der Waals surface area contributed by atoms with Gasteiger partial charge < -0.3 is 5.32 Å². The fourth-order valence-corrected chi connectivity index (χ4v) is 3.88. The Hall–Kier alpha value is -3.18.